The van der Waals surface area contributed by atoms with E-state index in [4.69, 9.17) is 5.73 Å². The van der Waals surface area contributed by atoms with Gasteiger partial charge in [-0.2, -0.15) is 0 Å². The Bertz CT molecular complexity index is 563. The van der Waals surface area contributed by atoms with Crippen LogP contribution in [0.4, 0.5) is 0 Å². The van der Waals surface area contributed by atoms with E-state index in [1.165, 1.54) is 42.3 Å². The summed E-state index contributed by atoms with van der Waals surface area (Å²) in [6.45, 7) is 20.0. The SMILES string of the molecule is C=CN.CC(C)=CN.CCC(C)=N/C=C(\C)C(C)C.CCCCc1ccccc1. The molecule has 29 heavy (non-hydrogen) atoms. The second-order valence-corrected chi connectivity index (χ2v) is 7.31. The van der Waals surface area contributed by atoms with Crippen molar-refractivity contribution >= 4 is 5.71 Å². The lowest BCUT2D eigenvalue weighted by Crippen LogP contribution is -1.89. The number of benzene rings is 1. The number of hydrogen-bond donors (Lipinski definition) is 2. The van der Waals surface area contributed by atoms with Crippen molar-refractivity contribution in [3.8, 4) is 0 Å². The molecule has 0 unspecified atom stereocenters. The van der Waals surface area contributed by atoms with E-state index >= 15 is 0 Å². The summed E-state index contributed by atoms with van der Waals surface area (Å²) < 4.78 is 0. The molecule has 0 heterocycles. The second kappa shape index (κ2) is 23.7. The minimum Gasteiger partial charge on any atom is -0.405 e. The minimum absolute atomic E-state index is 0.614. The molecule has 0 radical (unpaired) electrons. The fraction of sp³-hybridized carbons (Fsp3) is 0.500. The summed E-state index contributed by atoms with van der Waals surface area (Å²) in [5.74, 6) is 0.614. The summed E-state index contributed by atoms with van der Waals surface area (Å²) in [5, 5.41) is 0. The molecule has 0 aliphatic heterocycles. The highest BCUT2D eigenvalue weighted by molar-refractivity contribution is 5.82. The first-order valence-corrected chi connectivity index (χ1v) is 10.6. The molecule has 0 aromatic heterocycles. The smallest absolute Gasteiger partial charge is 0.0258 e. The standard InChI is InChI=1S/C10H19N.C10H14.C4H9N.C2H5N/c1-6-10(5)11-7-9(4)8(2)3;1-2-3-7-10-8-5-4-6-9-10;1-4(2)3-5;1-2-3/h7-8H,6H2,1-5H3;4-6,8-9H,2-3,7H2,1H3;3H,5H2,1-2H3;2H,1,3H2/b9-7+,11-10?;;;. The Labute approximate surface area is 181 Å². The van der Waals surface area contributed by atoms with Gasteiger partial charge in [0.25, 0.3) is 0 Å². The molecule has 4 N–H and O–H groups in total. The summed E-state index contributed by atoms with van der Waals surface area (Å²) in [6, 6.07) is 10.6. The third kappa shape index (κ3) is 28.0. The number of rotatable bonds is 6. The molecule has 0 aliphatic rings. The van der Waals surface area contributed by atoms with Crippen LogP contribution in [0.15, 0.2) is 71.6 Å². The molecule has 3 heteroatoms. The maximum absolute atomic E-state index is 5.01. The van der Waals surface area contributed by atoms with Gasteiger partial charge in [0.2, 0.25) is 0 Å². The number of hydrogen-bond acceptors (Lipinski definition) is 3. The summed E-state index contributed by atoms with van der Waals surface area (Å²) in [7, 11) is 0. The lowest BCUT2D eigenvalue weighted by molar-refractivity contribution is 0.766. The highest BCUT2D eigenvalue weighted by Gasteiger charge is 1.93. The molecule has 1 aromatic carbocycles. The van der Waals surface area contributed by atoms with Gasteiger partial charge < -0.3 is 11.5 Å². The maximum Gasteiger partial charge on any atom is 0.0258 e. The van der Waals surface area contributed by atoms with Crippen LogP contribution in [-0.4, -0.2) is 5.71 Å². The Morgan fingerprint density at radius 1 is 1.03 bits per heavy atom. The molecular weight excluding hydrogens is 354 g/mol. The van der Waals surface area contributed by atoms with Gasteiger partial charge in [-0.15, -0.1) is 0 Å². The highest BCUT2D eigenvalue weighted by Crippen LogP contribution is 2.07. The van der Waals surface area contributed by atoms with Crippen molar-refractivity contribution in [2.45, 2.75) is 81.1 Å². The first kappa shape index (κ1) is 31.4. The monoisotopic (exact) mass is 401 g/mol. The van der Waals surface area contributed by atoms with Crippen LogP contribution >= 0.6 is 0 Å². The predicted octanol–water partition coefficient (Wildman–Crippen LogP) is 7.40. The Morgan fingerprint density at radius 3 is 1.86 bits per heavy atom. The van der Waals surface area contributed by atoms with E-state index < -0.39 is 0 Å². The van der Waals surface area contributed by atoms with Crippen molar-refractivity contribution in [1.82, 2.24) is 0 Å². The molecule has 0 saturated heterocycles. The molecule has 0 aliphatic carbocycles. The second-order valence-electron chi connectivity index (χ2n) is 7.31. The third-order valence-electron chi connectivity index (χ3n) is 3.91. The van der Waals surface area contributed by atoms with Crippen LogP contribution in [0, 0.1) is 5.92 Å². The van der Waals surface area contributed by atoms with Gasteiger partial charge >= 0.3 is 0 Å². The number of nitrogens with zero attached hydrogens (tertiary/aromatic N) is 1. The molecular formula is C26H47N3. The zero-order valence-electron chi connectivity index (χ0n) is 20.3. The molecule has 0 amide bonds. The van der Waals surface area contributed by atoms with Crippen LogP contribution in [0.25, 0.3) is 0 Å². The van der Waals surface area contributed by atoms with E-state index in [2.05, 4.69) is 89.2 Å². The molecule has 1 rings (SSSR count). The van der Waals surface area contributed by atoms with Crippen LogP contribution in [0.5, 0.6) is 0 Å². The first-order valence-electron chi connectivity index (χ1n) is 10.6. The zero-order valence-corrected chi connectivity index (χ0v) is 20.3. The highest BCUT2D eigenvalue weighted by atomic mass is 14.7. The molecule has 1 aromatic rings. The molecule has 0 spiro atoms. The number of aliphatic imine (C=N–C) groups is 1. The predicted molar refractivity (Wildman–Crippen MR) is 135 cm³/mol. The summed E-state index contributed by atoms with van der Waals surface area (Å²) in [4.78, 5) is 4.32. The van der Waals surface area contributed by atoms with E-state index in [0.29, 0.717) is 5.92 Å². The van der Waals surface area contributed by atoms with Gasteiger partial charge in [-0.1, -0.05) is 82.2 Å². The molecule has 0 saturated carbocycles. The summed E-state index contributed by atoms with van der Waals surface area (Å²) in [6.07, 6.45) is 9.68. The minimum atomic E-state index is 0.614. The maximum atomic E-state index is 5.01. The Morgan fingerprint density at radius 2 is 1.52 bits per heavy atom. The molecule has 3 nitrogen and oxygen atoms in total. The average molecular weight is 402 g/mol. The van der Waals surface area contributed by atoms with Crippen molar-refractivity contribution in [2.75, 3.05) is 0 Å². The molecule has 0 bridgehead atoms. The largest absolute Gasteiger partial charge is 0.405 e. The topological polar surface area (TPSA) is 64.4 Å². The van der Waals surface area contributed by atoms with Crippen LogP contribution in [0.2, 0.25) is 0 Å². The van der Waals surface area contributed by atoms with Gasteiger partial charge in [0, 0.05) is 11.9 Å². The van der Waals surface area contributed by atoms with E-state index in [9.17, 15) is 0 Å². The van der Waals surface area contributed by atoms with Gasteiger partial charge in [0.1, 0.15) is 0 Å². The van der Waals surface area contributed by atoms with Crippen molar-refractivity contribution in [1.29, 1.82) is 0 Å². The number of nitrogens with two attached hydrogens (primary N) is 2. The first-order chi connectivity index (χ1) is 13.7. The third-order valence-corrected chi connectivity index (χ3v) is 3.91. The number of allylic oxidation sites excluding steroid dienone is 2. The van der Waals surface area contributed by atoms with Gasteiger partial charge in [-0.25, -0.2) is 0 Å². The Kier molecular flexibility index (Phi) is 25.7. The van der Waals surface area contributed by atoms with Crippen molar-refractivity contribution in [2.24, 2.45) is 22.4 Å². The van der Waals surface area contributed by atoms with Crippen LogP contribution in [0.3, 0.4) is 0 Å². The molecule has 0 atom stereocenters. The van der Waals surface area contributed by atoms with Gasteiger partial charge in [-0.3, -0.25) is 4.99 Å². The lowest BCUT2D eigenvalue weighted by atomic mass is 10.1. The van der Waals surface area contributed by atoms with E-state index in [0.717, 1.165) is 12.0 Å². The molecule has 166 valence electrons. The van der Waals surface area contributed by atoms with Crippen LogP contribution in [0.1, 0.15) is 80.2 Å². The van der Waals surface area contributed by atoms with Gasteiger partial charge in [0.15, 0.2) is 0 Å². The van der Waals surface area contributed by atoms with E-state index in [1.54, 1.807) is 6.20 Å². The Hall–Kier alpha value is -2.29. The Balaban J connectivity index is -0.000000345. The average Bonchev–Trinajstić information content (AvgIpc) is 2.72. The normalized spacial score (nSPS) is 10.4. The van der Waals surface area contributed by atoms with E-state index in [1.807, 2.05) is 20.0 Å². The van der Waals surface area contributed by atoms with Gasteiger partial charge in [0.05, 0.1) is 0 Å². The quantitative estimate of drug-likeness (QED) is 0.487. The summed E-state index contributed by atoms with van der Waals surface area (Å²) in [5.41, 5.74) is 14.8. The van der Waals surface area contributed by atoms with Crippen molar-refractivity contribution in [3.05, 3.63) is 72.2 Å². The number of aryl methyl sites for hydroxylation is 1. The van der Waals surface area contributed by atoms with Crippen molar-refractivity contribution < 1.29 is 0 Å². The van der Waals surface area contributed by atoms with Crippen LogP contribution in [-0.2, 0) is 6.42 Å². The zero-order chi connectivity index (χ0) is 23.1. The van der Waals surface area contributed by atoms with Crippen LogP contribution < -0.4 is 11.5 Å². The summed E-state index contributed by atoms with van der Waals surface area (Å²) >= 11 is 0. The number of unbranched alkanes of at least 4 members (excludes halogenated alkanes) is 1. The van der Waals surface area contributed by atoms with Gasteiger partial charge in [-0.05, 0) is 70.8 Å². The van der Waals surface area contributed by atoms with Crippen molar-refractivity contribution in [3.63, 3.8) is 0 Å². The fourth-order valence-electron chi connectivity index (χ4n) is 1.48. The molecule has 0 fully saturated rings. The lowest BCUT2D eigenvalue weighted by Gasteiger charge is -2.01. The van der Waals surface area contributed by atoms with E-state index in [-0.39, 0.29) is 0 Å². The fourth-order valence-corrected chi connectivity index (χ4v) is 1.48.